The van der Waals surface area contributed by atoms with Gasteiger partial charge in [0.05, 0.1) is 21.8 Å². The van der Waals surface area contributed by atoms with Gasteiger partial charge in [-0.3, -0.25) is 4.99 Å². The zero-order valence-electron chi connectivity index (χ0n) is 12.1. The lowest BCUT2D eigenvalue weighted by molar-refractivity contribution is 0.457. The Morgan fingerprint density at radius 1 is 1.14 bits per heavy atom. The van der Waals surface area contributed by atoms with E-state index in [1.807, 2.05) is 32.0 Å². The van der Waals surface area contributed by atoms with Gasteiger partial charge in [-0.05, 0) is 43.2 Å². The number of H-pyrrole nitrogens is 1. The molecule has 1 heterocycles. The number of nitrogens with one attached hydrogen (secondary N) is 1. The largest absolute Gasteiger partial charge is 0.494 e. The van der Waals surface area contributed by atoms with Gasteiger partial charge in [0.25, 0.3) is 0 Å². The minimum Gasteiger partial charge on any atom is -0.494 e. The topological polar surface area (TPSA) is 48.4 Å². The Morgan fingerprint density at radius 2 is 1.91 bits per heavy atom. The smallest absolute Gasteiger partial charge is 0.198 e. The van der Waals surface area contributed by atoms with Crippen LogP contribution in [0.4, 0.5) is 5.69 Å². The Morgan fingerprint density at radius 3 is 2.64 bits per heavy atom. The molecule has 0 amide bonds. The number of aromatic nitrogens is 1. The van der Waals surface area contributed by atoms with E-state index in [1.165, 1.54) is 0 Å². The third-order valence-electron chi connectivity index (χ3n) is 3.50. The summed E-state index contributed by atoms with van der Waals surface area (Å²) in [6, 6.07) is 9.28. The number of aliphatic imine (C=N–C) groups is 1. The summed E-state index contributed by atoms with van der Waals surface area (Å²) < 4.78 is 0. The molecule has 3 rings (SSSR count). The van der Waals surface area contributed by atoms with Crippen LogP contribution >= 0.6 is 23.2 Å². The van der Waals surface area contributed by atoms with Crippen molar-refractivity contribution in [3.05, 3.63) is 57.1 Å². The Hall–Kier alpha value is -1.97. The van der Waals surface area contributed by atoms with Crippen molar-refractivity contribution in [2.45, 2.75) is 13.8 Å². The zero-order valence-corrected chi connectivity index (χ0v) is 13.6. The number of benzene rings is 2. The molecule has 22 heavy (non-hydrogen) atoms. The fraction of sp³-hybridized carbons (Fsp3) is 0.118. The van der Waals surface area contributed by atoms with Crippen molar-refractivity contribution >= 4 is 46.0 Å². The second kappa shape index (κ2) is 5.67. The van der Waals surface area contributed by atoms with E-state index < -0.39 is 0 Å². The van der Waals surface area contributed by atoms with Gasteiger partial charge in [-0.1, -0.05) is 35.3 Å². The molecule has 0 aliphatic rings. The second-order valence-electron chi connectivity index (χ2n) is 5.25. The van der Waals surface area contributed by atoms with Crippen molar-refractivity contribution in [1.29, 1.82) is 0 Å². The highest BCUT2D eigenvalue weighted by Crippen LogP contribution is 2.32. The molecule has 3 nitrogen and oxygen atoms in total. The first-order valence-electron chi connectivity index (χ1n) is 6.76. The number of nitrogens with zero attached hydrogens (tertiary/aromatic N) is 1. The summed E-state index contributed by atoms with van der Waals surface area (Å²) in [7, 11) is 0. The van der Waals surface area contributed by atoms with E-state index in [9.17, 15) is 5.11 Å². The minimum atomic E-state index is 0.0573. The molecule has 0 saturated heterocycles. The summed E-state index contributed by atoms with van der Waals surface area (Å²) in [5.74, 6) is 0.0573. The molecule has 0 radical (unpaired) electrons. The van der Waals surface area contributed by atoms with Crippen molar-refractivity contribution < 1.29 is 5.11 Å². The molecular weight excluding hydrogens is 319 g/mol. The number of halogens is 2. The number of hydrogen-bond donors (Lipinski definition) is 2. The molecule has 0 unspecified atom stereocenters. The molecule has 0 spiro atoms. The molecule has 2 N–H and O–H groups in total. The first-order chi connectivity index (χ1) is 10.5. The molecule has 0 aliphatic heterocycles. The van der Waals surface area contributed by atoms with Gasteiger partial charge in [-0.2, -0.15) is 0 Å². The maximum atomic E-state index is 10.1. The molecule has 2 aromatic carbocycles. The van der Waals surface area contributed by atoms with E-state index in [0.29, 0.717) is 21.3 Å². The summed E-state index contributed by atoms with van der Waals surface area (Å²) in [5, 5.41) is 12.1. The van der Waals surface area contributed by atoms with Gasteiger partial charge in [0, 0.05) is 16.6 Å². The van der Waals surface area contributed by atoms with Crippen LogP contribution in [0.3, 0.4) is 0 Å². The van der Waals surface area contributed by atoms with Crippen LogP contribution in [-0.2, 0) is 0 Å². The van der Waals surface area contributed by atoms with Gasteiger partial charge in [0.15, 0.2) is 5.88 Å². The molecule has 112 valence electrons. The van der Waals surface area contributed by atoms with Gasteiger partial charge >= 0.3 is 0 Å². The van der Waals surface area contributed by atoms with Crippen molar-refractivity contribution in [2.75, 3.05) is 0 Å². The van der Waals surface area contributed by atoms with E-state index in [0.717, 1.165) is 22.0 Å². The fourth-order valence-electron chi connectivity index (χ4n) is 2.51. The number of rotatable bonds is 2. The number of aromatic hydroxyl groups is 1. The summed E-state index contributed by atoms with van der Waals surface area (Å²) in [6.45, 7) is 3.95. The van der Waals surface area contributed by atoms with Gasteiger partial charge in [0.1, 0.15) is 0 Å². The third kappa shape index (κ3) is 2.70. The first kappa shape index (κ1) is 14.9. The van der Waals surface area contributed by atoms with Crippen molar-refractivity contribution in [2.24, 2.45) is 4.99 Å². The van der Waals surface area contributed by atoms with Gasteiger partial charge in [0.2, 0.25) is 0 Å². The highest BCUT2D eigenvalue weighted by atomic mass is 35.5. The van der Waals surface area contributed by atoms with E-state index in [2.05, 4.69) is 9.98 Å². The van der Waals surface area contributed by atoms with Crippen LogP contribution in [0.15, 0.2) is 35.3 Å². The summed E-state index contributed by atoms with van der Waals surface area (Å²) in [4.78, 5) is 7.34. The predicted molar refractivity (Wildman–Crippen MR) is 93.2 cm³/mol. The molecule has 5 heteroatoms. The fourth-order valence-corrected chi connectivity index (χ4v) is 3.05. The minimum absolute atomic E-state index is 0.0573. The van der Waals surface area contributed by atoms with Gasteiger partial charge in [-0.25, -0.2) is 0 Å². The molecule has 0 aliphatic carbocycles. The van der Waals surface area contributed by atoms with E-state index in [4.69, 9.17) is 23.2 Å². The van der Waals surface area contributed by atoms with Crippen LogP contribution in [-0.4, -0.2) is 16.3 Å². The van der Waals surface area contributed by atoms with Gasteiger partial charge in [-0.15, -0.1) is 0 Å². The standard InChI is InChI=1S/C17H14Cl2N2O/c1-9-5-10(2)16(14(19)6-9)20-8-13-12-4-3-11(18)7-15(12)21-17(13)22/h3-8,21-22H,1-2H3. The predicted octanol–water partition coefficient (Wildman–Crippen LogP) is 5.55. The SMILES string of the molecule is Cc1cc(C)c(N=Cc2c(O)[nH]c3cc(Cl)ccc23)c(Cl)c1. The van der Waals surface area contributed by atoms with Crippen molar-refractivity contribution in [1.82, 2.24) is 4.98 Å². The molecule has 0 bridgehead atoms. The first-order valence-corrected chi connectivity index (χ1v) is 7.52. The average molecular weight is 333 g/mol. The summed E-state index contributed by atoms with van der Waals surface area (Å²) in [6.07, 6.45) is 1.62. The number of hydrogen-bond acceptors (Lipinski definition) is 2. The van der Waals surface area contributed by atoms with E-state index in [-0.39, 0.29) is 5.88 Å². The monoisotopic (exact) mass is 332 g/mol. The van der Waals surface area contributed by atoms with E-state index in [1.54, 1.807) is 18.3 Å². The second-order valence-corrected chi connectivity index (χ2v) is 6.09. The normalized spacial score (nSPS) is 11.6. The van der Waals surface area contributed by atoms with Crippen molar-refractivity contribution in [3.63, 3.8) is 0 Å². The molecule has 1 aromatic heterocycles. The van der Waals surface area contributed by atoms with Gasteiger partial charge < -0.3 is 10.1 Å². The molecular formula is C17H14Cl2N2O. The maximum Gasteiger partial charge on any atom is 0.198 e. The van der Waals surface area contributed by atoms with Crippen LogP contribution in [0.2, 0.25) is 10.0 Å². The zero-order chi connectivity index (χ0) is 15.9. The van der Waals surface area contributed by atoms with Crippen molar-refractivity contribution in [3.8, 4) is 5.88 Å². The molecule has 0 atom stereocenters. The Balaban J connectivity index is 2.09. The molecule has 3 aromatic rings. The van der Waals surface area contributed by atoms with E-state index >= 15 is 0 Å². The maximum absolute atomic E-state index is 10.1. The third-order valence-corrected chi connectivity index (χ3v) is 4.02. The molecule has 0 fully saturated rings. The number of fused-ring (bicyclic) bond motifs is 1. The lowest BCUT2D eigenvalue weighted by Gasteiger charge is -2.04. The van der Waals surface area contributed by atoms with Crippen LogP contribution in [0.5, 0.6) is 5.88 Å². The van der Waals surface area contributed by atoms with Crippen LogP contribution in [0, 0.1) is 13.8 Å². The molecule has 0 saturated carbocycles. The quantitative estimate of drug-likeness (QED) is 0.594. The lowest BCUT2D eigenvalue weighted by Crippen LogP contribution is -1.83. The average Bonchev–Trinajstić information content (AvgIpc) is 2.72. The Labute approximate surface area is 138 Å². The highest BCUT2D eigenvalue weighted by molar-refractivity contribution is 6.33. The number of aromatic amines is 1. The van der Waals surface area contributed by atoms with Crippen LogP contribution in [0.1, 0.15) is 16.7 Å². The Kier molecular flexibility index (Phi) is 3.85. The highest BCUT2D eigenvalue weighted by Gasteiger charge is 2.10. The van der Waals surface area contributed by atoms with Crippen LogP contribution in [0.25, 0.3) is 10.9 Å². The number of aryl methyl sites for hydroxylation is 2. The van der Waals surface area contributed by atoms with Crippen LogP contribution < -0.4 is 0 Å². The Bertz CT molecular complexity index is 874. The summed E-state index contributed by atoms with van der Waals surface area (Å²) >= 11 is 12.2. The lowest BCUT2D eigenvalue weighted by atomic mass is 10.1. The summed E-state index contributed by atoms with van der Waals surface area (Å²) in [5.41, 5.74) is 4.16.